The van der Waals surface area contributed by atoms with E-state index in [0.717, 1.165) is 0 Å². The summed E-state index contributed by atoms with van der Waals surface area (Å²) >= 11 is 0. The Balaban J connectivity index is 1.81. The molecule has 1 aliphatic heterocycles. The van der Waals surface area contributed by atoms with E-state index >= 15 is 0 Å². The van der Waals surface area contributed by atoms with Crippen molar-refractivity contribution in [2.45, 2.75) is 31.5 Å². The van der Waals surface area contributed by atoms with E-state index in [4.69, 9.17) is 16.2 Å². The van der Waals surface area contributed by atoms with E-state index in [1.54, 1.807) is 11.5 Å². The number of nitrogens with two attached hydrogens (primary N) is 2. The molecule has 0 bridgehead atoms. The lowest BCUT2D eigenvalue weighted by atomic mass is 10.1. The Morgan fingerprint density at radius 2 is 2.08 bits per heavy atom. The lowest BCUT2D eigenvalue weighted by molar-refractivity contribution is -0.0424. The Hall–Kier alpha value is -2.11. The monoisotopic (exact) mass is 363 g/mol. The Morgan fingerprint density at radius 1 is 1.31 bits per heavy atom. The largest absolute Gasteiger partial charge is 0.387 e. The van der Waals surface area contributed by atoms with Gasteiger partial charge >= 0.3 is 0 Å². The smallest absolute Gasteiger partial charge is 0.167 e. The highest BCUT2D eigenvalue weighted by Crippen LogP contribution is 2.33. The molecule has 4 atom stereocenters. The maximum absolute atomic E-state index is 10.5. The zero-order valence-electron chi connectivity index (χ0n) is 14.9. The van der Waals surface area contributed by atoms with Crippen molar-refractivity contribution in [3.8, 4) is 0 Å². The predicted octanol–water partition coefficient (Wildman–Crippen LogP) is -1.22. The average molecular weight is 363 g/mol. The highest BCUT2D eigenvalue weighted by molar-refractivity contribution is 5.81. The molecule has 0 spiro atoms. The summed E-state index contributed by atoms with van der Waals surface area (Å²) in [6.45, 7) is 3.36. The molecule has 1 aliphatic rings. The summed E-state index contributed by atoms with van der Waals surface area (Å²) in [7, 11) is 1.91. The summed E-state index contributed by atoms with van der Waals surface area (Å²) in [5.74, 6) is 0.830. The molecule has 1 fully saturated rings. The molecule has 1 saturated heterocycles. The van der Waals surface area contributed by atoms with Crippen molar-refractivity contribution in [3.05, 3.63) is 24.3 Å². The van der Waals surface area contributed by atoms with E-state index in [1.165, 1.54) is 6.33 Å². The molecule has 0 aliphatic carbocycles. The van der Waals surface area contributed by atoms with E-state index in [1.807, 2.05) is 24.1 Å². The molecule has 3 heterocycles. The maximum Gasteiger partial charge on any atom is 0.167 e. The molecular weight excluding hydrogens is 338 g/mol. The number of hydrogen-bond donors (Lipinski definition) is 4. The van der Waals surface area contributed by atoms with E-state index in [2.05, 4.69) is 15.0 Å². The second-order valence-electron chi connectivity index (χ2n) is 6.43. The van der Waals surface area contributed by atoms with E-state index in [-0.39, 0.29) is 5.82 Å². The molecule has 0 radical (unpaired) electrons. The number of aromatic nitrogens is 4. The van der Waals surface area contributed by atoms with Crippen LogP contribution < -0.4 is 11.5 Å². The third-order valence-electron chi connectivity index (χ3n) is 4.48. The van der Waals surface area contributed by atoms with Gasteiger partial charge < -0.3 is 31.3 Å². The van der Waals surface area contributed by atoms with Crippen molar-refractivity contribution in [3.63, 3.8) is 0 Å². The standard InChI is InChI=1S/C16H25N7O3/c1-9-21-11-14(18)19-8-20-15(11)23(9)16-13(25)12(24)10(26-16)7-22(2)6-4-3-5-17/h3-4,8,10,12-13,16,24-25H,5-7,17H2,1-2H3,(H2,18,19,20)/b4-3-/t10-,12-,13-,16-/m1/s1. The fraction of sp³-hybridized carbons (Fsp3) is 0.562. The van der Waals surface area contributed by atoms with Crippen LogP contribution in [-0.4, -0.2) is 79.6 Å². The van der Waals surface area contributed by atoms with Crippen LogP contribution in [0.5, 0.6) is 0 Å². The number of nitrogen functional groups attached to an aromatic ring is 1. The van der Waals surface area contributed by atoms with Crippen LogP contribution in [0.15, 0.2) is 18.5 Å². The number of aliphatic hydroxyl groups excluding tert-OH is 2. The van der Waals surface area contributed by atoms with Gasteiger partial charge in [-0.15, -0.1) is 0 Å². The molecule has 2 aromatic rings. The number of anilines is 1. The van der Waals surface area contributed by atoms with Gasteiger partial charge in [0.2, 0.25) is 0 Å². The second-order valence-corrected chi connectivity index (χ2v) is 6.43. The first kappa shape index (κ1) is 18.7. The lowest BCUT2D eigenvalue weighted by Gasteiger charge is -2.21. The van der Waals surface area contributed by atoms with Gasteiger partial charge in [0.1, 0.15) is 30.5 Å². The zero-order chi connectivity index (χ0) is 18.8. The number of aliphatic hydroxyl groups is 2. The molecule has 26 heavy (non-hydrogen) atoms. The van der Waals surface area contributed by atoms with E-state index in [9.17, 15) is 10.2 Å². The molecule has 2 aromatic heterocycles. The van der Waals surface area contributed by atoms with Gasteiger partial charge in [-0.1, -0.05) is 12.2 Å². The van der Waals surface area contributed by atoms with Crippen LogP contribution in [0.4, 0.5) is 5.82 Å². The van der Waals surface area contributed by atoms with Crippen molar-refractivity contribution in [2.75, 3.05) is 32.4 Å². The van der Waals surface area contributed by atoms with Gasteiger partial charge in [0.15, 0.2) is 23.2 Å². The van der Waals surface area contributed by atoms with Gasteiger partial charge in [-0.2, -0.15) is 0 Å². The molecule has 3 rings (SSSR count). The zero-order valence-corrected chi connectivity index (χ0v) is 14.9. The average Bonchev–Trinajstić information content (AvgIpc) is 3.07. The number of imidazole rings is 1. The highest BCUT2D eigenvalue weighted by Gasteiger charge is 2.45. The summed E-state index contributed by atoms with van der Waals surface area (Å²) in [5.41, 5.74) is 12.2. The lowest BCUT2D eigenvalue weighted by Crippen LogP contribution is -2.38. The molecule has 0 saturated carbocycles. The topological polar surface area (TPSA) is 149 Å². The van der Waals surface area contributed by atoms with Crippen molar-refractivity contribution in [1.82, 2.24) is 24.4 Å². The minimum Gasteiger partial charge on any atom is -0.387 e. The van der Waals surface area contributed by atoms with Crippen LogP contribution in [0.3, 0.4) is 0 Å². The second kappa shape index (κ2) is 7.64. The number of likely N-dealkylation sites (N-methyl/N-ethyl adjacent to an activating group) is 1. The summed E-state index contributed by atoms with van der Waals surface area (Å²) in [6.07, 6.45) is 1.65. The SMILES string of the molecule is Cc1nc2c(N)ncnc2n1[C@@H]1O[C@H](CN(C)C/C=C\CN)[C@@H](O)[C@H]1O. The molecule has 142 valence electrons. The fourth-order valence-corrected chi connectivity index (χ4v) is 3.17. The van der Waals surface area contributed by atoms with Crippen molar-refractivity contribution < 1.29 is 14.9 Å². The Morgan fingerprint density at radius 3 is 2.81 bits per heavy atom. The number of hydrogen-bond acceptors (Lipinski definition) is 9. The van der Waals surface area contributed by atoms with Gasteiger partial charge in [0, 0.05) is 19.6 Å². The van der Waals surface area contributed by atoms with Gasteiger partial charge in [-0.05, 0) is 14.0 Å². The van der Waals surface area contributed by atoms with E-state index < -0.39 is 24.5 Å². The van der Waals surface area contributed by atoms with Crippen LogP contribution in [-0.2, 0) is 4.74 Å². The maximum atomic E-state index is 10.5. The van der Waals surface area contributed by atoms with Crippen LogP contribution in [0.1, 0.15) is 12.1 Å². The predicted molar refractivity (Wildman–Crippen MR) is 96.1 cm³/mol. The first-order valence-corrected chi connectivity index (χ1v) is 8.44. The van der Waals surface area contributed by atoms with Gasteiger partial charge in [0.25, 0.3) is 0 Å². The molecule has 6 N–H and O–H groups in total. The Labute approximate surface area is 151 Å². The molecular formula is C16H25N7O3. The van der Waals surface area contributed by atoms with Gasteiger partial charge in [0.05, 0.1) is 0 Å². The molecule has 0 aromatic carbocycles. The normalized spacial score (nSPS) is 26.5. The molecule has 0 unspecified atom stereocenters. The van der Waals surface area contributed by atoms with Crippen LogP contribution in [0.25, 0.3) is 11.2 Å². The minimum atomic E-state index is -1.11. The van der Waals surface area contributed by atoms with Crippen molar-refractivity contribution >= 4 is 17.0 Å². The summed E-state index contributed by atoms with van der Waals surface area (Å²) in [5, 5.41) is 21.0. The third-order valence-corrected chi connectivity index (χ3v) is 4.48. The summed E-state index contributed by atoms with van der Waals surface area (Å²) in [4.78, 5) is 14.5. The first-order chi connectivity index (χ1) is 12.4. The quantitative estimate of drug-likeness (QED) is 0.463. The van der Waals surface area contributed by atoms with Crippen molar-refractivity contribution in [1.29, 1.82) is 0 Å². The van der Waals surface area contributed by atoms with Gasteiger partial charge in [-0.3, -0.25) is 4.57 Å². The number of aryl methyl sites for hydroxylation is 1. The molecule has 10 nitrogen and oxygen atoms in total. The molecule has 0 amide bonds. The highest BCUT2D eigenvalue weighted by atomic mass is 16.6. The summed E-state index contributed by atoms with van der Waals surface area (Å²) in [6, 6.07) is 0. The summed E-state index contributed by atoms with van der Waals surface area (Å²) < 4.78 is 7.62. The van der Waals surface area contributed by atoms with Gasteiger partial charge in [-0.25, -0.2) is 15.0 Å². The molecule has 10 heteroatoms. The Kier molecular flexibility index (Phi) is 5.49. The number of ether oxygens (including phenoxy) is 1. The number of fused-ring (bicyclic) bond motifs is 1. The van der Waals surface area contributed by atoms with Crippen molar-refractivity contribution in [2.24, 2.45) is 5.73 Å². The van der Waals surface area contributed by atoms with E-state index in [0.29, 0.717) is 36.6 Å². The third kappa shape index (κ3) is 3.41. The fourth-order valence-electron chi connectivity index (χ4n) is 3.17. The van der Waals surface area contributed by atoms with Crippen LogP contribution in [0, 0.1) is 6.92 Å². The number of nitrogens with zero attached hydrogens (tertiary/aromatic N) is 5. The number of rotatable bonds is 6. The van der Waals surface area contributed by atoms with Crippen LogP contribution in [0.2, 0.25) is 0 Å². The minimum absolute atomic E-state index is 0.257. The first-order valence-electron chi connectivity index (χ1n) is 8.44. The van der Waals surface area contributed by atoms with Crippen LogP contribution >= 0.6 is 0 Å². The Bertz CT molecular complexity index is 793.